The third-order valence-corrected chi connectivity index (χ3v) is 4.04. The van der Waals surface area contributed by atoms with E-state index in [2.05, 4.69) is 15.9 Å². The molecule has 0 aliphatic heterocycles. The summed E-state index contributed by atoms with van der Waals surface area (Å²) in [5.41, 5.74) is 7.23. The maximum Gasteiger partial charge on any atom is 0.128 e. The first-order valence-corrected chi connectivity index (χ1v) is 7.17. The highest BCUT2D eigenvalue weighted by atomic mass is 79.9. The minimum Gasteiger partial charge on any atom is -0.324 e. The molecule has 0 bridgehead atoms. The number of hydrogen-bond donors (Lipinski definition) is 1. The lowest BCUT2D eigenvalue weighted by Gasteiger charge is -2.15. The molecular weight excluding hydrogens is 352 g/mol. The SMILES string of the molecule is NC(Cc1c(Cl)cccc1Cl)c1cc(Br)ccc1F. The molecule has 0 spiro atoms. The van der Waals surface area contributed by atoms with Gasteiger partial charge in [-0.15, -0.1) is 0 Å². The zero-order valence-electron chi connectivity index (χ0n) is 9.84. The van der Waals surface area contributed by atoms with Crippen molar-refractivity contribution >= 4 is 39.1 Å². The highest BCUT2D eigenvalue weighted by Gasteiger charge is 2.16. The molecular formula is C14H11BrCl2FN. The molecule has 0 aliphatic rings. The van der Waals surface area contributed by atoms with E-state index in [1.165, 1.54) is 6.07 Å². The molecule has 19 heavy (non-hydrogen) atoms. The third-order valence-electron chi connectivity index (χ3n) is 2.84. The fraction of sp³-hybridized carbons (Fsp3) is 0.143. The molecule has 0 aromatic heterocycles. The highest BCUT2D eigenvalue weighted by molar-refractivity contribution is 9.10. The molecule has 0 saturated carbocycles. The van der Waals surface area contributed by atoms with Gasteiger partial charge in [0.1, 0.15) is 5.82 Å². The Morgan fingerprint density at radius 3 is 2.42 bits per heavy atom. The topological polar surface area (TPSA) is 26.0 Å². The standard InChI is InChI=1S/C14H11BrCl2FN/c15-8-4-5-13(18)10(6-8)14(19)7-9-11(16)2-1-3-12(9)17/h1-6,14H,7,19H2. The Morgan fingerprint density at radius 2 is 1.79 bits per heavy atom. The predicted octanol–water partition coefficient (Wildman–Crippen LogP) is 5.14. The lowest BCUT2D eigenvalue weighted by molar-refractivity contribution is 0.580. The van der Waals surface area contributed by atoms with Crippen LogP contribution in [0.4, 0.5) is 4.39 Å². The van der Waals surface area contributed by atoms with Crippen LogP contribution < -0.4 is 5.73 Å². The first-order chi connectivity index (χ1) is 8.99. The Balaban J connectivity index is 2.31. The fourth-order valence-electron chi connectivity index (χ4n) is 1.86. The fourth-order valence-corrected chi connectivity index (χ4v) is 2.79. The smallest absolute Gasteiger partial charge is 0.128 e. The van der Waals surface area contributed by atoms with Crippen LogP contribution in [-0.4, -0.2) is 0 Å². The van der Waals surface area contributed by atoms with E-state index in [1.807, 2.05) is 0 Å². The zero-order chi connectivity index (χ0) is 14.0. The Labute approximate surface area is 129 Å². The average Bonchev–Trinajstić information content (AvgIpc) is 2.37. The lowest BCUT2D eigenvalue weighted by Crippen LogP contribution is -2.15. The van der Waals surface area contributed by atoms with Gasteiger partial charge in [-0.05, 0) is 42.3 Å². The summed E-state index contributed by atoms with van der Waals surface area (Å²) in [4.78, 5) is 0. The molecule has 1 atom stereocenters. The first kappa shape index (κ1) is 14.8. The van der Waals surface area contributed by atoms with Crippen LogP contribution in [-0.2, 0) is 6.42 Å². The van der Waals surface area contributed by atoms with Crippen LogP contribution in [0.1, 0.15) is 17.2 Å². The van der Waals surface area contributed by atoms with Crippen molar-refractivity contribution in [3.05, 3.63) is 67.9 Å². The molecule has 0 radical (unpaired) electrons. The van der Waals surface area contributed by atoms with E-state index in [0.717, 1.165) is 10.0 Å². The number of nitrogens with two attached hydrogens (primary N) is 1. The van der Waals surface area contributed by atoms with E-state index in [1.54, 1.807) is 30.3 Å². The van der Waals surface area contributed by atoms with Crippen molar-refractivity contribution in [1.29, 1.82) is 0 Å². The Bertz CT molecular complexity index is 584. The van der Waals surface area contributed by atoms with E-state index in [0.29, 0.717) is 22.0 Å². The lowest BCUT2D eigenvalue weighted by atomic mass is 9.99. The second kappa shape index (κ2) is 6.23. The molecule has 0 aliphatic carbocycles. The van der Waals surface area contributed by atoms with E-state index >= 15 is 0 Å². The van der Waals surface area contributed by atoms with Gasteiger partial charge in [-0.2, -0.15) is 0 Å². The first-order valence-electron chi connectivity index (χ1n) is 5.62. The Morgan fingerprint density at radius 1 is 1.16 bits per heavy atom. The Hall–Kier alpha value is -0.610. The summed E-state index contributed by atoms with van der Waals surface area (Å²) in [5, 5.41) is 1.08. The van der Waals surface area contributed by atoms with Crippen molar-refractivity contribution in [3.63, 3.8) is 0 Å². The minimum atomic E-state index is -0.505. The van der Waals surface area contributed by atoms with Gasteiger partial charge in [-0.1, -0.05) is 45.2 Å². The van der Waals surface area contributed by atoms with Gasteiger partial charge in [0.05, 0.1) is 0 Å². The third kappa shape index (κ3) is 3.48. The summed E-state index contributed by atoms with van der Waals surface area (Å²) >= 11 is 15.5. The minimum absolute atomic E-state index is 0.334. The van der Waals surface area contributed by atoms with Crippen LogP contribution in [0.3, 0.4) is 0 Å². The van der Waals surface area contributed by atoms with Crippen molar-refractivity contribution in [1.82, 2.24) is 0 Å². The second-order valence-electron chi connectivity index (χ2n) is 4.18. The molecule has 1 unspecified atom stereocenters. The Kier molecular flexibility index (Phi) is 4.85. The van der Waals surface area contributed by atoms with E-state index in [4.69, 9.17) is 28.9 Å². The van der Waals surface area contributed by atoms with E-state index < -0.39 is 6.04 Å². The predicted molar refractivity (Wildman–Crippen MR) is 81.2 cm³/mol. The molecule has 2 N–H and O–H groups in total. The van der Waals surface area contributed by atoms with Gasteiger partial charge in [0, 0.05) is 26.1 Å². The highest BCUT2D eigenvalue weighted by Crippen LogP contribution is 2.30. The monoisotopic (exact) mass is 361 g/mol. The van der Waals surface area contributed by atoms with Crippen LogP contribution in [0, 0.1) is 5.82 Å². The number of benzene rings is 2. The van der Waals surface area contributed by atoms with Crippen LogP contribution in [0.15, 0.2) is 40.9 Å². The van der Waals surface area contributed by atoms with Crippen molar-refractivity contribution in [3.8, 4) is 0 Å². The quantitative estimate of drug-likeness (QED) is 0.803. The van der Waals surface area contributed by atoms with Crippen LogP contribution in [0.25, 0.3) is 0 Å². The summed E-state index contributed by atoms with van der Waals surface area (Å²) < 4.78 is 14.5. The largest absolute Gasteiger partial charge is 0.324 e. The van der Waals surface area contributed by atoms with Gasteiger partial charge < -0.3 is 5.73 Å². The van der Waals surface area contributed by atoms with Gasteiger partial charge in [-0.25, -0.2) is 4.39 Å². The second-order valence-corrected chi connectivity index (χ2v) is 5.91. The van der Waals surface area contributed by atoms with Crippen LogP contribution in [0.5, 0.6) is 0 Å². The van der Waals surface area contributed by atoms with Gasteiger partial charge in [0.2, 0.25) is 0 Å². The number of halogens is 4. The molecule has 2 rings (SSSR count). The molecule has 0 saturated heterocycles. The van der Waals surface area contributed by atoms with Crippen molar-refractivity contribution in [2.24, 2.45) is 5.73 Å². The zero-order valence-corrected chi connectivity index (χ0v) is 12.9. The summed E-state index contributed by atoms with van der Waals surface area (Å²) in [5.74, 6) is -0.334. The summed E-state index contributed by atoms with van der Waals surface area (Å²) in [6, 6.07) is 9.43. The van der Waals surface area contributed by atoms with Crippen LogP contribution in [0.2, 0.25) is 10.0 Å². The molecule has 0 heterocycles. The molecule has 1 nitrogen and oxygen atoms in total. The van der Waals surface area contributed by atoms with Gasteiger partial charge in [0.15, 0.2) is 0 Å². The number of rotatable bonds is 3. The van der Waals surface area contributed by atoms with E-state index in [-0.39, 0.29) is 5.82 Å². The maximum absolute atomic E-state index is 13.8. The van der Waals surface area contributed by atoms with Gasteiger partial charge in [-0.3, -0.25) is 0 Å². The van der Waals surface area contributed by atoms with Crippen molar-refractivity contribution < 1.29 is 4.39 Å². The molecule has 2 aromatic rings. The molecule has 2 aromatic carbocycles. The molecule has 0 fully saturated rings. The van der Waals surface area contributed by atoms with Gasteiger partial charge >= 0.3 is 0 Å². The molecule has 100 valence electrons. The van der Waals surface area contributed by atoms with E-state index in [9.17, 15) is 4.39 Å². The number of hydrogen-bond acceptors (Lipinski definition) is 1. The molecule has 5 heteroatoms. The van der Waals surface area contributed by atoms with Gasteiger partial charge in [0.25, 0.3) is 0 Å². The van der Waals surface area contributed by atoms with Crippen molar-refractivity contribution in [2.75, 3.05) is 0 Å². The summed E-state index contributed by atoms with van der Waals surface area (Å²) in [7, 11) is 0. The van der Waals surface area contributed by atoms with Crippen molar-refractivity contribution in [2.45, 2.75) is 12.5 Å². The average molecular weight is 363 g/mol. The summed E-state index contributed by atoms with van der Waals surface area (Å²) in [6.45, 7) is 0. The maximum atomic E-state index is 13.8. The molecule has 0 amide bonds. The van der Waals surface area contributed by atoms with Crippen LogP contribution >= 0.6 is 39.1 Å². The summed E-state index contributed by atoms with van der Waals surface area (Å²) in [6.07, 6.45) is 0.381. The normalized spacial score (nSPS) is 12.5.